The Morgan fingerprint density at radius 3 is 2.75 bits per heavy atom. The summed E-state index contributed by atoms with van der Waals surface area (Å²) < 4.78 is 5.42. The predicted octanol–water partition coefficient (Wildman–Crippen LogP) is 4.89. The zero-order chi connectivity index (χ0) is 20.1. The second kappa shape index (κ2) is 8.33. The third-order valence-corrected chi connectivity index (χ3v) is 4.70. The molecule has 8 heteroatoms. The Labute approximate surface area is 164 Å². The van der Waals surface area contributed by atoms with Crippen molar-refractivity contribution in [3.63, 3.8) is 0 Å². The van der Waals surface area contributed by atoms with E-state index in [1.807, 2.05) is 36.6 Å². The Morgan fingerprint density at radius 1 is 1.36 bits per heavy atom. The quantitative estimate of drug-likeness (QED) is 0.363. The maximum atomic E-state index is 11.0. The Bertz CT molecular complexity index is 1080. The molecule has 0 aliphatic rings. The number of hydrogen-bond acceptors (Lipinski definition) is 7. The van der Waals surface area contributed by atoms with Crippen molar-refractivity contribution in [2.75, 3.05) is 6.61 Å². The van der Waals surface area contributed by atoms with Gasteiger partial charge in [0, 0.05) is 17.0 Å². The van der Waals surface area contributed by atoms with Crippen molar-refractivity contribution >= 4 is 28.7 Å². The molecule has 0 saturated heterocycles. The summed E-state index contributed by atoms with van der Waals surface area (Å²) in [5, 5.41) is 32.4. The largest absolute Gasteiger partial charge is 0.502 e. The molecular formula is C20H15N3O4S. The topological polar surface area (TPSA) is 109 Å². The smallest absolute Gasteiger partial charge is 0.311 e. The first-order chi connectivity index (χ1) is 13.5. The molecular weight excluding hydrogens is 378 g/mol. The maximum absolute atomic E-state index is 11.0. The first-order valence-corrected chi connectivity index (χ1v) is 9.18. The molecule has 3 rings (SSSR count). The van der Waals surface area contributed by atoms with Crippen LogP contribution in [0.3, 0.4) is 0 Å². The molecule has 0 spiro atoms. The SMILES string of the molecule is CCOc1ccc(-c2csc(/C(C#N)=C\c3ccc(O)c([N+](=O)[O-])c3)n2)cc1. The summed E-state index contributed by atoms with van der Waals surface area (Å²) in [5.41, 5.74) is 1.91. The van der Waals surface area contributed by atoms with Gasteiger partial charge in [-0.1, -0.05) is 6.07 Å². The van der Waals surface area contributed by atoms with Crippen molar-refractivity contribution in [2.45, 2.75) is 6.92 Å². The lowest BCUT2D eigenvalue weighted by atomic mass is 10.1. The van der Waals surface area contributed by atoms with E-state index in [4.69, 9.17) is 4.74 Å². The van der Waals surface area contributed by atoms with E-state index < -0.39 is 16.4 Å². The van der Waals surface area contributed by atoms with Crippen molar-refractivity contribution in [3.8, 4) is 28.8 Å². The first kappa shape index (κ1) is 19.1. The van der Waals surface area contributed by atoms with Crippen LogP contribution in [0.4, 0.5) is 5.69 Å². The van der Waals surface area contributed by atoms with Crippen molar-refractivity contribution in [3.05, 3.63) is 68.5 Å². The Kier molecular flexibility index (Phi) is 5.67. The lowest BCUT2D eigenvalue weighted by molar-refractivity contribution is -0.385. The van der Waals surface area contributed by atoms with Gasteiger partial charge >= 0.3 is 5.69 Å². The van der Waals surface area contributed by atoms with Gasteiger partial charge in [0.1, 0.15) is 16.8 Å². The van der Waals surface area contributed by atoms with E-state index in [1.165, 1.54) is 35.6 Å². The van der Waals surface area contributed by atoms with E-state index in [2.05, 4.69) is 11.1 Å². The predicted molar refractivity (Wildman–Crippen MR) is 107 cm³/mol. The van der Waals surface area contributed by atoms with Crippen molar-refractivity contribution in [1.82, 2.24) is 4.98 Å². The van der Waals surface area contributed by atoms with Gasteiger partial charge in [-0.3, -0.25) is 10.1 Å². The van der Waals surface area contributed by atoms with Crippen LogP contribution in [0.25, 0.3) is 22.9 Å². The second-order valence-electron chi connectivity index (χ2n) is 5.67. The minimum absolute atomic E-state index is 0.280. The highest BCUT2D eigenvalue weighted by Gasteiger charge is 2.14. The summed E-state index contributed by atoms with van der Waals surface area (Å²) >= 11 is 1.31. The number of nitrogens with zero attached hydrogens (tertiary/aromatic N) is 3. The third-order valence-electron chi connectivity index (χ3n) is 3.82. The number of nitro groups is 1. The highest BCUT2D eigenvalue weighted by molar-refractivity contribution is 7.11. The Morgan fingerprint density at radius 2 is 2.11 bits per heavy atom. The van der Waals surface area contributed by atoms with Gasteiger partial charge in [0.05, 0.1) is 22.8 Å². The van der Waals surface area contributed by atoms with Crippen LogP contribution in [0.15, 0.2) is 47.8 Å². The van der Waals surface area contributed by atoms with E-state index >= 15 is 0 Å². The summed E-state index contributed by atoms with van der Waals surface area (Å²) in [6, 6.07) is 13.5. The summed E-state index contributed by atoms with van der Waals surface area (Å²) in [4.78, 5) is 14.8. The maximum Gasteiger partial charge on any atom is 0.311 e. The van der Waals surface area contributed by atoms with Gasteiger partial charge in [-0.15, -0.1) is 11.3 Å². The average molecular weight is 393 g/mol. The van der Waals surface area contributed by atoms with Crippen LogP contribution >= 0.6 is 11.3 Å². The molecule has 0 amide bonds. The number of aromatic hydroxyl groups is 1. The summed E-state index contributed by atoms with van der Waals surface area (Å²) in [7, 11) is 0. The number of allylic oxidation sites excluding steroid dienone is 1. The first-order valence-electron chi connectivity index (χ1n) is 8.30. The van der Waals surface area contributed by atoms with E-state index in [9.17, 15) is 20.5 Å². The molecule has 0 aliphatic carbocycles. The van der Waals surface area contributed by atoms with Crippen LogP contribution in [-0.2, 0) is 0 Å². The average Bonchev–Trinajstić information content (AvgIpc) is 3.18. The van der Waals surface area contributed by atoms with Crippen LogP contribution in [-0.4, -0.2) is 21.6 Å². The lowest BCUT2D eigenvalue weighted by Crippen LogP contribution is -1.90. The van der Waals surface area contributed by atoms with E-state index in [1.54, 1.807) is 0 Å². The third kappa shape index (κ3) is 4.16. The summed E-state index contributed by atoms with van der Waals surface area (Å²) in [6.45, 7) is 2.50. The molecule has 1 N–H and O–H groups in total. The highest BCUT2D eigenvalue weighted by atomic mass is 32.1. The molecule has 3 aromatic rings. The Hall–Kier alpha value is -3.70. The van der Waals surface area contributed by atoms with Gasteiger partial charge in [0.2, 0.25) is 0 Å². The summed E-state index contributed by atoms with van der Waals surface area (Å²) in [6.07, 6.45) is 1.51. The van der Waals surface area contributed by atoms with E-state index in [-0.39, 0.29) is 5.57 Å². The molecule has 140 valence electrons. The second-order valence-corrected chi connectivity index (χ2v) is 6.53. The van der Waals surface area contributed by atoms with Crippen LogP contribution in [0, 0.1) is 21.4 Å². The van der Waals surface area contributed by atoms with Gasteiger partial charge < -0.3 is 9.84 Å². The van der Waals surface area contributed by atoms with Crippen LogP contribution < -0.4 is 4.74 Å². The zero-order valence-corrected chi connectivity index (χ0v) is 15.6. The molecule has 28 heavy (non-hydrogen) atoms. The normalized spacial score (nSPS) is 11.1. The molecule has 0 atom stereocenters. The van der Waals surface area contributed by atoms with Gasteiger partial charge in [-0.2, -0.15) is 5.26 Å². The molecule has 7 nitrogen and oxygen atoms in total. The van der Waals surface area contributed by atoms with Crippen LogP contribution in [0.2, 0.25) is 0 Å². The fourth-order valence-corrected chi connectivity index (χ4v) is 3.30. The molecule has 0 bridgehead atoms. The number of nitro benzene ring substituents is 1. The molecule has 0 fully saturated rings. The zero-order valence-electron chi connectivity index (χ0n) is 14.8. The number of phenolic OH excluding ortho intramolecular Hbond substituents is 1. The molecule has 1 heterocycles. The van der Waals surface area contributed by atoms with Crippen molar-refractivity contribution in [1.29, 1.82) is 5.26 Å². The monoisotopic (exact) mass is 393 g/mol. The van der Waals surface area contributed by atoms with Gasteiger partial charge in [-0.25, -0.2) is 4.98 Å². The number of rotatable bonds is 6. The molecule has 0 unspecified atom stereocenters. The van der Waals surface area contributed by atoms with Gasteiger partial charge in [-0.05, 0) is 48.9 Å². The molecule has 0 aliphatic heterocycles. The molecule has 1 aromatic heterocycles. The number of nitriles is 1. The standard InChI is InChI=1S/C20H15N3O4S/c1-2-27-16-6-4-14(5-7-16)17-12-28-20(22-17)15(11-21)9-13-3-8-19(24)18(10-13)23(25)26/h3-10,12,24H,2H2,1H3/b15-9-. The fraction of sp³-hybridized carbons (Fsp3) is 0.100. The lowest BCUT2D eigenvalue weighted by Gasteiger charge is -2.03. The van der Waals surface area contributed by atoms with E-state index in [0.717, 1.165) is 17.0 Å². The Balaban J connectivity index is 1.90. The number of benzene rings is 2. The fourth-order valence-electron chi connectivity index (χ4n) is 2.50. The number of hydrogen-bond donors (Lipinski definition) is 1. The van der Waals surface area contributed by atoms with Gasteiger partial charge in [0.15, 0.2) is 5.75 Å². The van der Waals surface area contributed by atoms with Crippen molar-refractivity contribution in [2.24, 2.45) is 0 Å². The molecule has 0 saturated carbocycles. The van der Waals surface area contributed by atoms with Crippen molar-refractivity contribution < 1.29 is 14.8 Å². The summed E-state index contributed by atoms with van der Waals surface area (Å²) in [5.74, 6) is 0.348. The minimum atomic E-state index is -0.674. The number of aromatic nitrogens is 1. The van der Waals surface area contributed by atoms with Gasteiger partial charge in [0.25, 0.3) is 0 Å². The number of ether oxygens (including phenoxy) is 1. The number of thiazole rings is 1. The highest BCUT2D eigenvalue weighted by Crippen LogP contribution is 2.31. The van der Waals surface area contributed by atoms with E-state index in [0.29, 0.717) is 17.2 Å². The van der Waals surface area contributed by atoms with Crippen LogP contribution in [0.1, 0.15) is 17.5 Å². The van der Waals surface area contributed by atoms with Crippen LogP contribution in [0.5, 0.6) is 11.5 Å². The minimum Gasteiger partial charge on any atom is -0.502 e. The molecule has 2 aromatic carbocycles. The number of phenols is 1. The molecule has 0 radical (unpaired) electrons.